The summed E-state index contributed by atoms with van der Waals surface area (Å²) in [6.45, 7) is 8.32. The number of hydrogen-bond donors (Lipinski definition) is 0. The third kappa shape index (κ3) is 2.25. The lowest BCUT2D eigenvalue weighted by Gasteiger charge is -2.32. The molecule has 0 radical (unpaired) electrons. The van der Waals surface area contributed by atoms with Crippen molar-refractivity contribution in [1.82, 2.24) is 0 Å². The Labute approximate surface area is 121 Å². The summed E-state index contributed by atoms with van der Waals surface area (Å²) in [4.78, 5) is 0. The van der Waals surface area contributed by atoms with Crippen LogP contribution < -0.4 is 5.46 Å². The molecule has 1 aliphatic carbocycles. The third-order valence-electron chi connectivity index (χ3n) is 4.59. The molecule has 1 heterocycles. The number of hydrogen-bond acceptors (Lipinski definition) is 2. The van der Waals surface area contributed by atoms with Gasteiger partial charge in [-0.2, -0.15) is 0 Å². The van der Waals surface area contributed by atoms with Crippen LogP contribution in [0.3, 0.4) is 0 Å². The molecule has 3 heteroatoms. The van der Waals surface area contributed by atoms with Gasteiger partial charge in [-0.25, -0.2) is 0 Å². The van der Waals surface area contributed by atoms with Crippen molar-refractivity contribution in [2.45, 2.75) is 44.8 Å². The highest BCUT2D eigenvalue weighted by Crippen LogP contribution is 2.36. The van der Waals surface area contributed by atoms with Crippen LogP contribution in [0.25, 0.3) is 0 Å². The summed E-state index contributed by atoms with van der Waals surface area (Å²) < 4.78 is 12.1. The molecule has 104 valence electrons. The van der Waals surface area contributed by atoms with E-state index < -0.39 is 0 Å². The quantitative estimate of drug-likeness (QED) is 0.767. The Kier molecular flexibility index (Phi) is 3.15. The van der Waals surface area contributed by atoms with E-state index in [0.717, 1.165) is 5.46 Å². The molecule has 0 N–H and O–H groups in total. The lowest BCUT2D eigenvalue weighted by atomic mass is 9.78. The van der Waals surface area contributed by atoms with Crippen molar-refractivity contribution in [3.63, 3.8) is 0 Å². The van der Waals surface area contributed by atoms with Crippen LogP contribution in [0.5, 0.6) is 0 Å². The summed E-state index contributed by atoms with van der Waals surface area (Å²) >= 11 is 0. The van der Waals surface area contributed by atoms with Gasteiger partial charge >= 0.3 is 7.12 Å². The third-order valence-corrected chi connectivity index (χ3v) is 4.59. The van der Waals surface area contributed by atoms with Gasteiger partial charge in [0.1, 0.15) is 0 Å². The standard InChI is InChI=1S/C17H21BO2/c1-16(2)17(3,4)20-18(19-16)15-11-9-14(10-12-15)13-7-5-6-8-13/h5-13H,1-4H3. The maximum absolute atomic E-state index is 6.07. The second-order valence-electron chi connectivity index (χ2n) is 6.55. The molecule has 0 unspecified atom stereocenters. The lowest BCUT2D eigenvalue weighted by molar-refractivity contribution is 0.00578. The predicted molar refractivity (Wildman–Crippen MR) is 83.2 cm³/mol. The average Bonchev–Trinajstić information content (AvgIpc) is 2.97. The van der Waals surface area contributed by atoms with E-state index in [-0.39, 0.29) is 18.3 Å². The van der Waals surface area contributed by atoms with E-state index in [0.29, 0.717) is 5.92 Å². The molecule has 1 fully saturated rings. The monoisotopic (exact) mass is 268 g/mol. The van der Waals surface area contributed by atoms with Gasteiger partial charge in [0.2, 0.25) is 0 Å². The summed E-state index contributed by atoms with van der Waals surface area (Å²) in [5.41, 5.74) is 1.81. The maximum Gasteiger partial charge on any atom is 0.494 e. The zero-order chi connectivity index (χ0) is 14.4. The lowest BCUT2D eigenvalue weighted by Crippen LogP contribution is -2.41. The molecule has 3 rings (SSSR count). The topological polar surface area (TPSA) is 18.5 Å². The summed E-state index contributed by atoms with van der Waals surface area (Å²) in [6.07, 6.45) is 8.58. The smallest absolute Gasteiger partial charge is 0.399 e. The largest absolute Gasteiger partial charge is 0.494 e. The SMILES string of the molecule is CC1(C)OB(c2ccc(C3C=CC=C3)cc2)OC1(C)C. The summed E-state index contributed by atoms with van der Waals surface area (Å²) in [6, 6.07) is 8.53. The average molecular weight is 268 g/mol. The van der Waals surface area contributed by atoms with Gasteiger partial charge in [0.05, 0.1) is 11.2 Å². The highest BCUT2D eigenvalue weighted by molar-refractivity contribution is 6.62. The first-order chi connectivity index (χ1) is 9.39. The van der Waals surface area contributed by atoms with Gasteiger partial charge in [0.25, 0.3) is 0 Å². The van der Waals surface area contributed by atoms with E-state index in [4.69, 9.17) is 9.31 Å². The highest BCUT2D eigenvalue weighted by atomic mass is 16.7. The molecule has 0 bridgehead atoms. The minimum absolute atomic E-state index is 0.274. The summed E-state index contributed by atoms with van der Waals surface area (Å²) in [5, 5.41) is 0. The summed E-state index contributed by atoms with van der Waals surface area (Å²) in [7, 11) is -0.274. The van der Waals surface area contributed by atoms with Crippen molar-refractivity contribution in [3.05, 3.63) is 54.1 Å². The maximum atomic E-state index is 6.07. The Morgan fingerprint density at radius 2 is 1.35 bits per heavy atom. The fraction of sp³-hybridized carbons (Fsp3) is 0.412. The van der Waals surface area contributed by atoms with Crippen molar-refractivity contribution >= 4 is 12.6 Å². The van der Waals surface area contributed by atoms with E-state index in [9.17, 15) is 0 Å². The van der Waals surface area contributed by atoms with Crippen molar-refractivity contribution in [2.75, 3.05) is 0 Å². The molecule has 1 aromatic rings. The molecular formula is C17H21BO2. The molecule has 2 nitrogen and oxygen atoms in total. The molecule has 1 aliphatic heterocycles. The van der Waals surface area contributed by atoms with Crippen LogP contribution in [0.1, 0.15) is 39.2 Å². The Morgan fingerprint density at radius 1 is 0.850 bits per heavy atom. The first kappa shape index (κ1) is 13.7. The van der Waals surface area contributed by atoms with Crippen molar-refractivity contribution in [1.29, 1.82) is 0 Å². The van der Waals surface area contributed by atoms with Gasteiger partial charge < -0.3 is 9.31 Å². The Morgan fingerprint density at radius 3 is 1.85 bits per heavy atom. The van der Waals surface area contributed by atoms with Crippen molar-refractivity contribution in [3.8, 4) is 0 Å². The van der Waals surface area contributed by atoms with Gasteiger partial charge in [0, 0.05) is 5.92 Å². The van der Waals surface area contributed by atoms with E-state index in [1.807, 2.05) is 0 Å². The van der Waals surface area contributed by atoms with E-state index >= 15 is 0 Å². The van der Waals surface area contributed by atoms with Crippen LogP contribution in [0.15, 0.2) is 48.6 Å². The number of benzene rings is 1. The molecular weight excluding hydrogens is 247 g/mol. The normalized spacial score (nSPS) is 23.7. The van der Waals surface area contributed by atoms with Gasteiger partial charge in [-0.1, -0.05) is 48.6 Å². The molecule has 1 aromatic carbocycles. The molecule has 0 saturated carbocycles. The van der Waals surface area contributed by atoms with Gasteiger partial charge in [-0.3, -0.25) is 0 Å². The van der Waals surface area contributed by atoms with Crippen LogP contribution in [0, 0.1) is 0 Å². The molecule has 0 atom stereocenters. The van der Waals surface area contributed by atoms with Crippen molar-refractivity contribution < 1.29 is 9.31 Å². The zero-order valence-corrected chi connectivity index (χ0v) is 12.6. The Hall–Kier alpha value is -1.32. The molecule has 1 saturated heterocycles. The van der Waals surface area contributed by atoms with Crippen LogP contribution in [-0.2, 0) is 9.31 Å². The van der Waals surface area contributed by atoms with Crippen LogP contribution in [0.2, 0.25) is 0 Å². The highest BCUT2D eigenvalue weighted by Gasteiger charge is 2.51. The van der Waals surface area contributed by atoms with Gasteiger partial charge in [-0.05, 0) is 38.7 Å². The molecule has 0 spiro atoms. The first-order valence-corrected chi connectivity index (χ1v) is 7.20. The molecule has 2 aliphatic rings. The van der Waals surface area contributed by atoms with Crippen LogP contribution >= 0.6 is 0 Å². The van der Waals surface area contributed by atoms with Crippen LogP contribution in [-0.4, -0.2) is 18.3 Å². The van der Waals surface area contributed by atoms with Crippen LogP contribution in [0.4, 0.5) is 0 Å². The second-order valence-corrected chi connectivity index (χ2v) is 6.55. The fourth-order valence-electron chi connectivity index (χ4n) is 2.51. The predicted octanol–water partition coefficient (Wildman–Crippen LogP) is 3.20. The molecule has 0 aromatic heterocycles. The second kappa shape index (κ2) is 4.61. The first-order valence-electron chi connectivity index (χ1n) is 7.20. The van der Waals surface area contributed by atoms with Gasteiger partial charge in [0.15, 0.2) is 0 Å². The zero-order valence-electron chi connectivity index (χ0n) is 12.6. The Balaban J connectivity index is 1.79. The Bertz CT molecular complexity index is 527. The van der Waals surface area contributed by atoms with Crippen molar-refractivity contribution in [2.24, 2.45) is 0 Å². The molecule has 0 amide bonds. The fourth-order valence-corrected chi connectivity index (χ4v) is 2.51. The minimum Gasteiger partial charge on any atom is -0.399 e. The van der Waals surface area contributed by atoms with E-state index in [1.54, 1.807) is 0 Å². The van der Waals surface area contributed by atoms with Gasteiger partial charge in [-0.15, -0.1) is 0 Å². The molecule has 20 heavy (non-hydrogen) atoms. The number of allylic oxidation sites excluding steroid dienone is 4. The van der Waals surface area contributed by atoms with E-state index in [1.165, 1.54) is 5.56 Å². The summed E-state index contributed by atoms with van der Waals surface area (Å²) in [5.74, 6) is 0.405. The number of rotatable bonds is 2. The van der Waals surface area contributed by atoms with E-state index in [2.05, 4.69) is 76.3 Å². The minimum atomic E-state index is -0.284.